The molecule has 2 aromatic rings. The molecule has 1 heterocycles. The summed E-state index contributed by atoms with van der Waals surface area (Å²) in [5, 5.41) is 7.71. The molecular formula is C22H30FN3O2S. The van der Waals surface area contributed by atoms with E-state index in [1.54, 1.807) is 29.8 Å². The monoisotopic (exact) mass is 419 g/mol. The number of rotatable bonds is 11. The minimum absolute atomic E-state index is 0.140. The summed E-state index contributed by atoms with van der Waals surface area (Å²) in [5.74, 6) is 0.768. The summed E-state index contributed by atoms with van der Waals surface area (Å²) in [7, 11) is 0. The fourth-order valence-corrected chi connectivity index (χ4v) is 3.57. The minimum atomic E-state index is -0.298. The van der Waals surface area contributed by atoms with Crippen LogP contribution in [0.4, 0.5) is 4.39 Å². The summed E-state index contributed by atoms with van der Waals surface area (Å²) in [6.07, 6.45) is 3.99. The zero-order valence-corrected chi connectivity index (χ0v) is 18.2. The van der Waals surface area contributed by atoms with Gasteiger partial charge in [-0.25, -0.2) is 4.39 Å². The van der Waals surface area contributed by atoms with Crippen molar-refractivity contribution < 1.29 is 14.0 Å². The molecule has 2 rings (SSSR count). The van der Waals surface area contributed by atoms with Crippen molar-refractivity contribution in [3.63, 3.8) is 0 Å². The molecule has 1 N–H and O–H groups in total. The Balaban J connectivity index is 1.90. The molecule has 0 saturated carbocycles. The third kappa shape index (κ3) is 8.01. The van der Waals surface area contributed by atoms with Crippen molar-refractivity contribution in [3.8, 4) is 11.3 Å². The van der Waals surface area contributed by atoms with Gasteiger partial charge in [-0.2, -0.15) is 5.10 Å². The highest BCUT2D eigenvalue weighted by atomic mass is 32.2. The lowest BCUT2D eigenvalue weighted by Gasteiger charge is -2.10. The number of benzene rings is 1. The third-order valence-electron chi connectivity index (χ3n) is 4.35. The van der Waals surface area contributed by atoms with Gasteiger partial charge in [0.05, 0.1) is 5.69 Å². The van der Waals surface area contributed by atoms with Gasteiger partial charge in [-0.1, -0.05) is 38.5 Å². The van der Waals surface area contributed by atoms with Gasteiger partial charge in [0, 0.05) is 31.3 Å². The van der Waals surface area contributed by atoms with Gasteiger partial charge in [0.25, 0.3) is 5.91 Å². The smallest absolute Gasteiger partial charge is 0.269 e. The number of amides is 1. The molecule has 5 nitrogen and oxygen atoms in total. The fourth-order valence-electron chi connectivity index (χ4n) is 2.94. The summed E-state index contributed by atoms with van der Waals surface area (Å²) in [6, 6.07) is 7.90. The van der Waals surface area contributed by atoms with Crippen molar-refractivity contribution in [2.45, 2.75) is 53.0 Å². The lowest BCUT2D eigenvalue weighted by Crippen LogP contribution is -2.27. The van der Waals surface area contributed by atoms with E-state index in [0.717, 1.165) is 37.0 Å². The molecular weight excluding hydrogens is 389 g/mol. The number of hydrogen-bond acceptors (Lipinski definition) is 4. The van der Waals surface area contributed by atoms with Crippen molar-refractivity contribution in [1.29, 1.82) is 0 Å². The average molecular weight is 420 g/mol. The van der Waals surface area contributed by atoms with E-state index in [9.17, 15) is 14.0 Å². The third-order valence-corrected chi connectivity index (χ3v) is 5.25. The van der Waals surface area contributed by atoms with Gasteiger partial charge >= 0.3 is 0 Å². The van der Waals surface area contributed by atoms with E-state index in [2.05, 4.69) is 24.3 Å². The van der Waals surface area contributed by atoms with Crippen molar-refractivity contribution in [2.24, 2.45) is 5.92 Å². The van der Waals surface area contributed by atoms with E-state index < -0.39 is 0 Å². The zero-order valence-electron chi connectivity index (χ0n) is 17.4. The lowest BCUT2D eigenvalue weighted by molar-refractivity contribution is -0.109. The summed E-state index contributed by atoms with van der Waals surface area (Å²) >= 11 is 1.37. The second kappa shape index (κ2) is 11.8. The maximum Gasteiger partial charge on any atom is 0.269 e. The summed E-state index contributed by atoms with van der Waals surface area (Å²) in [4.78, 5) is 23.6. The second-order valence-electron chi connectivity index (χ2n) is 7.51. The highest BCUT2D eigenvalue weighted by molar-refractivity contribution is 8.13. The van der Waals surface area contributed by atoms with Crippen LogP contribution in [-0.2, 0) is 11.3 Å². The van der Waals surface area contributed by atoms with E-state index in [4.69, 9.17) is 0 Å². The Bertz CT molecular complexity index is 803. The van der Waals surface area contributed by atoms with E-state index in [1.165, 1.54) is 23.9 Å². The topological polar surface area (TPSA) is 64.0 Å². The number of aromatic nitrogens is 2. The van der Waals surface area contributed by atoms with Crippen LogP contribution in [-0.4, -0.2) is 33.1 Å². The fraction of sp³-hybridized carbons (Fsp3) is 0.500. The molecule has 1 amide bonds. The minimum Gasteiger partial charge on any atom is -0.351 e. The molecule has 0 unspecified atom stereocenters. The van der Waals surface area contributed by atoms with Crippen molar-refractivity contribution in [1.82, 2.24) is 15.1 Å². The molecule has 1 aromatic carbocycles. The summed E-state index contributed by atoms with van der Waals surface area (Å²) in [6.45, 7) is 6.98. The second-order valence-corrected chi connectivity index (χ2v) is 8.78. The Morgan fingerprint density at radius 3 is 2.48 bits per heavy atom. The molecule has 0 saturated heterocycles. The predicted molar refractivity (Wildman–Crippen MR) is 116 cm³/mol. The van der Waals surface area contributed by atoms with E-state index >= 15 is 0 Å². The maximum absolute atomic E-state index is 13.2. The first-order chi connectivity index (χ1) is 13.9. The van der Waals surface area contributed by atoms with Gasteiger partial charge in [-0.3, -0.25) is 14.3 Å². The maximum atomic E-state index is 13.2. The molecule has 0 aliphatic heterocycles. The van der Waals surface area contributed by atoms with Crippen LogP contribution in [0.1, 0.15) is 56.9 Å². The predicted octanol–water partition coefficient (Wildman–Crippen LogP) is 4.92. The molecule has 0 fully saturated rings. The molecule has 0 radical (unpaired) electrons. The highest BCUT2D eigenvalue weighted by Crippen LogP contribution is 2.20. The number of carbonyl (C=O) groups is 2. The number of nitrogens with one attached hydrogen (secondary N) is 1. The van der Waals surface area contributed by atoms with Crippen LogP contribution in [0.2, 0.25) is 0 Å². The average Bonchev–Trinajstić information content (AvgIpc) is 3.07. The molecule has 0 bridgehead atoms. The number of unbranched alkanes of at least 4 members (excludes halogenated alkanes) is 3. The Morgan fingerprint density at radius 2 is 1.83 bits per heavy atom. The SMILES string of the molecule is CC(=O)SCCCCCCNC(=O)c1cc(-c2ccc(F)cc2)nn1CC(C)C. The summed E-state index contributed by atoms with van der Waals surface area (Å²) < 4.78 is 14.9. The Labute approximate surface area is 176 Å². The van der Waals surface area contributed by atoms with Crippen molar-refractivity contribution in [2.75, 3.05) is 12.3 Å². The van der Waals surface area contributed by atoms with Crippen LogP contribution in [0.15, 0.2) is 30.3 Å². The van der Waals surface area contributed by atoms with Gasteiger partial charge in [-0.15, -0.1) is 0 Å². The van der Waals surface area contributed by atoms with Crippen LogP contribution < -0.4 is 5.32 Å². The van der Waals surface area contributed by atoms with Gasteiger partial charge in [0.2, 0.25) is 0 Å². The van der Waals surface area contributed by atoms with Crippen LogP contribution in [0.3, 0.4) is 0 Å². The number of carbonyl (C=O) groups excluding carboxylic acids is 2. The van der Waals surface area contributed by atoms with Crippen LogP contribution in [0.25, 0.3) is 11.3 Å². The first-order valence-electron chi connectivity index (χ1n) is 10.1. The Morgan fingerprint density at radius 1 is 1.14 bits per heavy atom. The first kappa shape index (κ1) is 23.1. The molecule has 7 heteroatoms. The van der Waals surface area contributed by atoms with Gasteiger partial charge in [0.15, 0.2) is 5.12 Å². The van der Waals surface area contributed by atoms with Crippen LogP contribution in [0.5, 0.6) is 0 Å². The first-order valence-corrected chi connectivity index (χ1v) is 11.1. The Kier molecular flexibility index (Phi) is 9.38. The molecule has 0 spiro atoms. The lowest BCUT2D eigenvalue weighted by atomic mass is 10.1. The largest absolute Gasteiger partial charge is 0.351 e. The van der Waals surface area contributed by atoms with E-state index in [1.807, 2.05) is 0 Å². The summed E-state index contributed by atoms with van der Waals surface area (Å²) in [5.41, 5.74) is 1.97. The standard InChI is InChI=1S/C22H30FN3O2S/c1-16(2)15-26-21(14-20(25-26)18-8-10-19(23)11-9-18)22(28)24-12-6-4-5-7-13-29-17(3)27/h8-11,14,16H,4-7,12-13,15H2,1-3H3,(H,24,28). The molecule has 0 atom stereocenters. The van der Waals surface area contributed by atoms with Crippen molar-refractivity contribution in [3.05, 3.63) is 41.8 Å². The molecule has 0 aliphatic rings. The van der Waals surface area contributed by atoms with Crippen LogP contribution >= 0.6 is 11.8 Å². The normalized spacial score (nSPS) is 11.1. The number of halogens is 1. The quantitative estimate of drug-likeness (QED) is 0.525. The number of hydrogen-bond donors (Lipinski definition) is 1. The molecule has 1 aromatic heterocycles. The van der Waals surface area contributed by atoms with E-state index in [0.29, 0.717) is 30.4 Å². The number of nitrogens with zero attached hydrogens (tertiary/aromatic N) is 2. The number of thioether (sulfide) groups is 1. The zero-order chi connectivity index (χ0) is 21.2. The molecule has 0 aliphatic carbocycles. The van der Waals surface area contributed by atoms with Crippen LogP contribution in [0, 0.1) is 11.7 Å². The van der Waals surface area contributed by atoms with Crippen molar-refractivity contribution >= 4 is 22.8 Å². The van der Waals surface area contributed by atoms with Gasteiger partial charge in [0.1, 0.15) is 11.5 Å². The van der Waals surface area contributed by atoms with Gasteiger partial charge in [-0.05, 0) is 49.1 Å². The van der Waals surface area contributed by atoms with Gasteiger partial charge < -0.3 is 5.32 Å². The Hall–Kier alpha value is -2.15. The molecule has 158 valence electrons. The highest BCUT2D eigenvalue weighted by Gasteiger charge is 2.17. The van der Waals surface area contributed by atoms with E-state index in [-0.39, 0.29) is 16.8 Å². The molecule has 29 heavy (non-hydrogen) atoms.